The molecular weight excluding hydrogens is 348 g/mol. The standard InChI is InChI=1S/C23H22N4O/c1-15-3-6-17(7-4-15)10-18-11-19(13-24-12-18)23(28)25-14-22-20-9-16(2)5-8-21(20)26-27-22/h3-9,11-13H,10,14H2,1-2H3,(H,25,28)(H,26,27). The zero-order chi connectivity index (χ0) is 19.5. The van der Waals surface area contributed by atoms with Gasteiger partial charge in [0.15, 0.2) is 0 Å². The third-order valence-electron chi connectivity index (χ3n) is 4.80. The van der Waals surface area contributed by atoms with Crippen molar-refractivity contribution in [3.05, 3.63) is 94.4 Å². The van der Waals surface area contributed by atoms with E-state index in [1.807, 2.05) is 31.3 Å². The second kappa shape index (κ2) is 7.64. The van der Waals surface area contributed by atoms with Crippen LogP contribution in [-0.2, 0) is 13.0 Å². The number of hydrogen-bond acceptors (Lipinski definition) is 3. The highest BCUT2D eigenvalue weighted by Crippen LogP contribution is 2.17. The maximum atomic E-state index is 12.6. The second-order valence-corrected chi connectivity index (χ2v) is 7.15. The van der Waals surface area contributed by atoms with Gasteiger partial charge in [0.05, 0.1) is 23.3 Å². The van der Waals surface area contributed by atoms with Crippen molar-refractivity contribution in [1.29, 1.82) is 0 Å². The lowest BCUT2D eigenvalue weighted by Crippen LogP contribution is -2.23. The molecule has 0 aliphatic rings. The number of aryl methyl sites for hydroxylation is 2. The molecule has 0 aliphatic carbocycles. The average Bonchev–Trinajstić information content (AvgIpc) is 3.10. The summed E-state index contributed by atoms with van der Waals surface area (Å²) < 4.78 is 0. The van der Waals surface area contributed by atoms with Gasteiger partial charge in [0, 0.05) is 17.8 Å². The Bertz CT molecular complexity index is 1130. The van der Waals surface area contributed by atoms with Crippen LogP contribution in [-0.4, -0.2) is 21.1 Å². The van der Waals surface area contributed by atoms with Gasteiger partial charge in [-0.05, 0) is 49.6 Å². The number of aromatic amines is 1. The SMILES string of the molecule is Cc1ccc(Cc2cncc(C(=O)NCc3[nH]nc4ccc(C)cc34)c2)cc1. The molecule has 2 heterocycles. The molecule has 2 aromatic heterocycles. The van der Waals surface area contributed by atoms with E-state index in [1.54, 1.807) is 6.20 Å². The van der Waals surface area contributed by atoms with Crippen molar-refractivity contribution in [3.63, 3.8) is 0 Å². The first-order valence-corrected chi connectivity index (χ1v) is 9.30. The highest BCUT2D eigenvalue weighted by Gasteiger charge is 2.10. The zero-order valence-corrected chi connectivity index (χ0v) is 16.0. The van der Waals surface area contributed by atoms with Gasteiger partial charge in [0.25, 0.3) is 5.91 Å². The minimum absolute atomic E-state index is 0.145. The Morgan fingerprint density at radius 2 is 1.75 bits per heavy atom. The Kier molecular flexibility index (Phi) is 4.89. The van der Waals surface area contributed by atoms with Crippen LogP contribution >= 0.6 is 0 Å². The predicted octanol–water partition coefficient (Wildman–Crippen LogP) is 4.10. The normalized spacial score (nSPS) is 10.9. The number of fused-ring (bicyclic) bond motifs is 1. The summed E-state index contributed by atoms with van der Waals surface area (Å²) in [5.41, 5.74) is 6.96. The van der Waals surface area contributed by atoms with Crippen LogP contribution in [0.4, 0.5) is 0 Å². The molecule has 0 aliphatic heterocycles. The lowest BCUT2D eigenvalue weighted by atomic mass is 10.0. The fourth-order valence-electron chi connectivity index (χ4n) is 3.23. The van der Waals surface area contributed by atoms with Crippen molar-refractivity contribution in [1.82, 2.24) is 20.5 Å². The number of rotatable bonds is 5. The number of pyridine rings is 1. The number of amides is 1. The largest absolute Gasteiger partial charge is 0.346 e. The number of carbonyl (C=O) groups excluding carboxylic acids is 1. The number of benzene rings is 2. The number of nitrogens with zero attached hydrogens (tertiary/aromatic N) is 2. The Morgan fingerprint density at radius 1 is 0.964 bits per heavy atom. The Balaban J connectivity index is 1.45. The zero-order valence-electron chi connectivity index (χ0n) is 16.0. The molecule has 1 amide bonds. The fourth-order valence-corrected chi connectivity index (χ4v) is 3.23. The molecule has 140 valence electrons. The van der Waals surface area contributed by atoms with Gasteiger partial charge in [-0.15, -0.1) is 0 Å². The van der Waals surface area contributed by atoms with Crippen LogP contribution in [0.3, 0.4) is 0 Å². The summed E-state index contributed by atoms with van der Waals surface area (Å²) in [7, 11) is 0. The number of hydrogen-bond donors (Lipinski definition) is 2. The smallest absolute Gasteiger partial charge is 0.253 e. The van der Waals surface area contributed by atoms with Gasteiger partial charge in [-0.1, -0.05) is 41.5 Å². The first kappa shape index (κ1) is 17.9. The lowest BCUT2D eigenvalue weighted by Gasteiger charge is -2.07. The number of nitrogens with one attached hydrogen (secondary N) is 2. The monoisotopic (exact) mass is 370 g/mol. The van der Waals surface area contributed by atoms with Crippen LogP contribution in [0.25, 0.3) is 10.9 Å². The summed E-state index contributed by atoms with van der Waals surface area (Å²) in [5, 5.41) is 11.3. The van der Waals surface area contributed by atoms with E-state index in [1.165, 1.54) is 11.1 Å². The molecule has 5 heteroatoms. The Hall–Kier alpha value is -3.47. The Morgan fingerprint density at radius 3 is 2.57 bits per heavy atom. The molecule has 0 bridgehead atoms. The van der Waals surface area contributed by atoms with Crippen LogP contribution in [0, 0.1) is 13.8 Å². The van der Waals surface area contributed by atoms with E-state index in [-0.39, 0.29) is 5.91 Å². The van der Waals surface area contributed by atoms with Gasteiger partial charge in [-0.2, -0.15) is 5.10 Å². The van der Waals surface area contributed by atoms with Crippen LogP contribution in [0.2, 0.25) is 0 Å². The minimum atomic E-state index is -0.145. The van der Waals surface area contributed by atoms with Crippen molar-refractivity contribution in [3.8, 4) is 0 Å². The predicted molar refractivity (Wildman–Crippen MR) is 110 cm³/mol. The summed E-state index contributed by atoms with van der Waals surface area (Å²) in [4.78, 5) is 16.9. The molecule has 0 saturated heterocycles. The molecule has 2 N–H and O–H groups in total. The van der Waals surface area contributed by atoms with Crippen molar-refractivity contribution < 1.29 is 4.79 Å². The van der Waals surface area contributed by atoms with E-state index in [2.05, 4.69) is 57.8 Å². The van der Waals surface area contributed by atoms with Gasteiger partial charge in [-0.25, -0.2) is 0 Å². The van der Waals surface area contributed by atoms with Gasteiger partial charge in [0.1, 0.15) is 0 Å². The van der Waals surface area contributed by atoms with E-state index < -0.39 is 0 Å². The van der Waals surface area contributed by atoms with E-state index in [0.717, 1.165) is 34.1 Å². The summed E-state index contributed by atoms with van der Waals surface area (Å²) in [6.45, 7) is 4.50. The van der Waals surface area contributed by atoms with Crippen LogP contribution in [0.5, 0.6) is 0 Å². The summed E-state index contributed by atoms with van der Waals surface area (Å²) in [6, 6.07) is 16.4. The minimum Gasteiger partial charge on any atom is -0.346 e. The molecule has 0 radical (unpaired) electrons. The third-order valence-corrected chi connectivity index (χ3v) is 4.80. The first-order chi connectivity index (χ1) is 13.6. The molecule has 5 nitrogen and oxygen atoms in total. The van der Waals surface area contributed by atoms with Crippen LogP contribution < -0.4 is 5.32 Å². The van der Waals surface area contributed by atoms with Crippen LogP contribution in [0.15, 0.2) is 60.9 Å². The number of H-pyrrole nitrogens is 1. The Labute approximate surface area is 163 Å². The molecule has 0 spiro atoms. The molecule has 4 rings (SSSR count). The molecule has 0 unspecified atom stereocenters. The van der Waals surface area contributed by atoms with Gasteiger partial charge in [-0.3, -0.25) is 14.9 Å². The quantitative estimate of drug-likeness (QED) is 0.556. The van der Waals surface area contributed by atoms with Gasteiger partial charge >= 0.3 is 0 Å². The fraction of sp³-hybridized carbons (Fsp3) is 0.174. The van der Waals surface area contributed by atoms with Gasteiger partial charge < -0.3 is 5.32 Å². The summed E-state index contributed by atoms with van der Waals surface area (Å²) in [5.74, 6) is -0.145. The average molecular weight is 370 g/mol. The number of carbonyl (C=O) groups is 1. The maximum absolute atomic E-state index is 12.6. The van der Waals surface area contributed by atoms with Gasteiger partial charge in [0.2, 0.25) is 0 Å². The van der Waals surface area contributed by atoms with E-state index >= 15 is 0 Å². The van der Waals surface area contributed by atoms with Crippen molar-refractivity contribution in [2.45, 2.75) is 26.8 Å². The highest BCUT2D eigenvalue weighted by atomic mass is 16.1. The third kappa shape index (κ3) is 3.93. The highest BCUT2D eigenvalue weighted by molar-refractivity contribution is 5.94. The molecule has 2 aromatic carbocycles. The van der Waals surface area contributed by atoms with Crippen molar-refractivity contribution in [2.24, 2.45) is 0 Å². The molecule has 4 aromatic rings. The lowest BCUT2D eigenvalue weighted by molar-refractivity contribution is 0.0950. The summed E-state index contributed by atoms with van der Waals surface area (Å²) >= 11 is 0. The first-order valence-electron chi connectivity index (χ1n) is 9.30. The number of aromatic nitrogens is 3. The van der Waals surface area contributed by atoms with E-state index in [0.29, 0.717) is 12.1 Å². The van der Waals surface area contributed by atoms with E-state index in [9.17, 15) is 4.79 Å². The van der Waals surface area contributed by atoms with E-state index in [4.69, 9.17) is 0 Å². The topological polar surface area (TPSA) is 70.7 Å². The molecule has 0 atom stereocenters. The summed E-state index contributed by atoms with van der Waals surface area (Å²) in [6.07, 6.45) is 4.16. The molecule has 28 heavy (non-hydrogen) atoms. The molecule has 0 saturated carbocycles. The maximum Gasteiger partial charge on any atom is 0.253 e. The van der Waals surface area contributed by atoms with Crippen molar-refractivity contribution in [2.75, 3.05) is 0 Å². The van der Waals surface area contributed by atoms with Crippen molar-refractivity contribution >= 4 is 16.8 Å². The second-order valence-electron chi connectivity index (χ2n) is 7.15. The molecular formula is C23H22N4O. The van der Waals surface area contributed by atoms with Crippen LogP contribution in [0.1, 0.15) is 38.3 Å². The molecule has 0 fully saturated rings.